The molecule has 0 bridgehead atoms. The van der Waals surface area contributed by atoms with Gasteiger partial charge in [-0.3, -0.25) is 4.79 Å². The quantitative estimate of drug-likeness (QED) is 0.662. The van der Waals surface area contributed by atoms with E-state index in [2.05, 4.69) is 53.7 Å². The van der Waals surface area contributed by atoms with Gasteiger partial charge in [-0.2, -0.15) is 0 Å². The molecular formula is C18H26O. The van der Waals surface area contributed by atoms with Gasteiger partial charge >= 0.3 is 0 Å². The fourth-order valence-electron chi connectivity index (χ4n) is 3.58. The van der Waals surface area contributed by atoms with E-state index in [4.69, 9.17) is 0 Å². The molecular weight excluding hydrogens is 232 g/mol. The largest absolute Gasteiger partial charge is 0.295 e. The molecule has 1 nitrogen and oxygen atoms in total. The highest BCUT2D eigenvalue weighted by molar-refractivity contribution is 5.96. The number of benzene rings is 1. The van der Waals surface area contributed by atoms with Crippen LogP contribution in [-0.4, -0.2) is 5.78 Å². The van der Waals surface area contributed by atoms with Gasteiger partial charge in [0.1, 0.15) is 0 Å². The van der Waals surface area contributed by atoms with E-state index in [1.807, 2.05) is 0 Å². The van der Waals surface area contributed by atoms with E-state index in [0.29, 0.717) is 5.92 Å². The molecule has 1 aliphatic carbocycles. The highest BCUT2D eigenvalue weighted by Gasteiger charge is 2.42. The number of hydrogen-bond donors (Lipinski definition) is 0. The van der Waals surface area contributed by atoms with Crippen LogP contribution in [0.2, 0.25) is 0 Å². The molecule has 0 unspecified atom stereocenters. The minimum Gasteiger partial charge on any atom is -0.295 e. The van der Waals surface area contributed by atoms with Gasteiger partial charge in [-0.1, -0.05) is 40.7 Å². The maximum Gasteiger partial charge on any atom is 0.160 e. The molecule has 104 valence electrons. The first-order valence-corrected chi connectivity index (χ1v) is 7.24. The zero-order valence-corrected chi connectivity index (χ0v) is 13.3. The van der Waals surface area contributed by atoms with Crippen LogP contribution in [0.3, 0.4) is 0 Å². The average Bonchev–Trinajstić information content (AvgIpc) is 2.25. The van der Waals surface area contributed by atoms with Crippen molar-refractivity contribution in [2.75, 3.05) is 0 Å². The number of carbonyl (C=O) groups excluding carboxylic acids is 1. The summed E-state index contributed by atoms with van der Waals surface area (Å²) in [7, 11) is 0. The van der Waals surface area contributed by atoms with Crippen molar-refractivity contribution in [3.63, 3.8) is 0 Å². The van der Waals surface area contributed by atoms with E-state index in [1.165, 1.54) is 17.5 Å². The van der Waals surface area contributed by atoms with Gasteiger partial charge in [0.25, 0.3) is 0 Å². The van der Waals surface area contributed by atoms with Crippen LogP contribution in [0.1, 0.15) is 75.0 Å². The normalized spacial score (nSPS) is 23.8. The molecule has 2 rings (SSSR count). The van der Waals surface area contributed by atoms with Crippen molar-refractivity contribution < 1.29 is 4.79 Å². The van der Waals surface area contributed by atoms with Crippen LogP contribution in [0.15, 0.2) is 12.1 Å². The van der Waals surface area contributed by atoms with Gasteiger partial charge in [0.05, 0.1) is 0 Å². The summed E-state index contributed by atoms with van der Waals surface area (Å²) in [6.45, 7) is 15.3. The maximum atomic E-state index is 11.8. The molecule has 0 aliphatic heterocycles. The van der Waals surface area contributed by atoms with E-state index < -0.39 is 0 Å². The minimum absolute atomic E-state index is 0.142. The molecule has 1 aromatic carbocycles. The van der Waals surface area contributed by atoms with Crippen molar-refractivity contribution in [1.82, 2.24) is 0 Å². The highest BCUT2D eigenvalue weighted by Crippen LogP contribution is 2.49. The Labute approximate surface area is 117 Å². The zero-order valence-electron chi connectivity index (χ0n) is 13.3. The van der Waals surface area contributed by atoms with Crippen LogP contribution in [0.5, 0.6) is 0 Å². The lowest BCUT2D eigenvalue weighted by Crippen LogP contribution is -2.40. The van der Waals surface area contributed by atoms with Gasteiger partial charge in [0.2, 0.25) is 0 Å². The second-order valence-corrected chi connectivity index (χ2v) is 7.48. The summed E-state index contributed by atoms with van der Waals surface area (Å²) in [6.07, 6.45) is 1.20. The fourth-order valence-corrected chi connectivity index (χ4v) is 3.58. The van der Waals surface area contributed by atoms with Gasteiger partial charge in [-0.25, -0.2) is 0 Å². The van der Waals surface area contributed by atoms with Crippen LogP contribution in [0.4, 0.5) is 0 Å². The van der Waals surface area contributed by atoms with Gasteiger partial charge in [0, 0.05) is 5.56 Å². The molecule has 0 fully saturated rings. The summed E-state index contributed by atoms with van der Waals surface area (Å²) < 4.78 is 0. The lowest BCUT2D eigenvalue weighted by atomic mass is 9.58. The Hall–Kier alpha value is -1.11. The van der Waals surface area contributed by atoms with Crippen LogP contribution in [-0.2, 0) is 10.8 Å². The summed E-state index contributed by atoms with van der Waals surface area (Å²) in [5.41, 5.74) is 5.14. The first-order valence-electron chi connectivity index (χ1n) is 7.24. The number of fused-ring (bicyclic) bond motifs is 1. The first kappa shape index (κ1) is 14.3. The topological polar surface area (TPSA) is 17.1 Å². The molecule has 1 heteroatoms. The van der Waals surface area contributed by atoms with Crippen molar-refractivity contribution in [1.29, 1.82) is 0 Å². The SMILES string of the molecule is CC(=O)c1cc2c(cc1C)C(C)(C)C[C@@H](C)C2(C)C. The number of carbonyl (C=O) groups is 1. The Morgan fingerprint density at radius 3 is 2.26 bits per heavy atom. The van der Waals surface area contributed by atoms with Gasteiger partial charge < -0.3 is 0 Å². The van der Waals surface area contributed by atoms with Crippen LogP contribution in [0, 0.1) is 12.8 Å². The van der Waals surface area contributed by atoms with Crippen molar-refractivity contribution in [3.8, 4) is 0 Å². The van der Waals surface area contributed by atoms with Crippen LogP contribution >= 0.6 is 0 Å². The van der Waals surface area contributed by atoms with E-state index in [0.717, 1.165) is 11.1 Å². The molecule has 0 amide bonds. The predicted octanol–water partition coefficient (Wildman–Crippen LogP) is 4.79. The van der Waals surface area contributed by atoms with Crippen molar-refractivity contribution in [3.05, 3.63) is 34.4 Å². The summed E-state index contributed by atoms with van der Waals surface area (Å²) in [5, 5.41) is 0. The third kappa shape index (κ3) is 2.13. The molecule has 0 N–H and O–H groups in total. The Kier molecular flexibility index (Phi) is 3.16. The van der Waals surface area contributed by atoms with Crippen molar-refractivity contribution in [2.45, 2.75) is 65.7 Å². The fraction of sp³-hybridized carbons (Fsp3) is 0.611. The van der Waals surface area contributed by atoms with E-state index in [-0.39, 0.29) is 16.6 Å². The molecule has 0 heterocycles. The number of hydrogen-bond acceptors (Lipinski definition) is 1. The average molecular weight is 258 g/mol. The second kappa shape index (κ2) is 4.19. The summed E-state index contributed by atoms with van der Waals surface area (Å²) in [4.78, 5) is 11.8. The predicted molar refractivity (Wildman–Crippen MR) is 81.0 cm³/mol. The monoisotopic (exact) mass is 258 g/mol. The second-order valence-electron chi connectivity index (χ2n) is 7.48. The lowest BCUT2D eigenvalue weighted by molar-refractivity contribution is 0.101. The number of ketones is 1. The van der Waals surface area contributed by atoms with Crippen LogP contribution < -0.4 is 0 Å². The van der Waals surface area contributed by atoms with Crippen molar-refractivity contribution in [2.24, 2.45) is 5.92 Å². The van der Waals surface area contributed by atoms with E-state index in [9.17, 15) is 4.79 Å². The maximum absolute atomic E-state index is 11.8. The Bertz CT molecular complexity index is 535. The van der Waals surface area contributed by atoms with Crippen LogP contribution in [0.25, 0.3) is 0 Å². The Morgan fingerprint density at radius 2 is 1.74 bits per heavy atom. The molecule has 0 radical (unpaired) electrons. The molecule has 1 atom stereocenters. The molecule has 1 aliphatic rings. The van der Waals surface area contributed by atoms with Gasteiger partial charge in [-0.05, 0) is 59.8 Å². The lowest BCUT2D eigenvalue weighted by Gasteiger charge is -2.47. The minimum atomic E-state index is 0.142. The highest BCUT2D eigenvalue weighted by atomic mass is 16.1. The number of aryl methyl sites for hydroxylation is 1. The number of rotatable bonds is 1. The smallest absolute Gasteiger partial charge is 0.160 e. The Balaban J connectivity index is 2.76. The first-order chi connectivity index (χ1) is 8.57. The molecule has 0 saturated heterocycles. The Morgan fingerprint density at radius 1 is 1.16 bits per heavy atom. The zero-order chi connectivity index (χ0) is 14.6. The number of Topliss-reactive ketones (excluding diaryl/α,β-unsaturated/α-hetero) is 1. The van der Waals surface area contributed by atoms with Gasteiger partial charge in [-0.15, -0.1) is 0 Å². The van der Waals surface area contributed by atoms with Crippen molar-refractivity contribution >= 4 is 5.78 Å². The summed E-state index contributed by atoms with van der Waals surface area (Å²) in [5.74, 6) is 0.796. The molecule has 19 heavy (non-hydrogen) atoms. The molecule has 0 saturated carbocycles. The third-order valence-corrected chi connectivity index (χ3v) is 5.22. The molecule has 1 aromatic rings. The summed E-state index contributed by atoms with van der Waals surface area (Å²) >= 11 is 0. The van der Waals surface area contributed by atoms with E-state index in [1.54, 1.807) is 6.92 Å². The molecule has 0 spiro atoms. The third-order valence-electron chi connectivity index (χ3n) is 5.22. The van der Waals surface area contributed by atoms with E-state index >= 15 is 0 Å². The summed E-state index contributed by atoms with van der Waals surface area (Å²) in [6, 6.07) is 4.41. The molecule has 0 aromatic heterocycles. The van der Waals surface area contributed by atoms with Gasteiger partial charge in [0.15, 0.2) is 5.78 Å². The standard InChI is InChI=1S/C18H26O/c1-11-8-15-16(9-14(11)13(3)19)18(6,7)12(2)10-17(15,4)5/h8-9,12H,10H2,1-7H3/t12-/m1/s1.